The van der Waals surface area contributed by atoms with Crippen LogP contribution in [0.2, 0.25) is 0 Å². The molecule has 0 spiro atoms. The van der Waals surface area contributed by atoms with Crippen LogP contribution in [0.3, 0.4) is 0 Å². The lowest BCUT2D eigenvalue weighted by atomic mass is 9.95. The zero-order valence-electron chi connectivity index (χ0n) is 13.4. The van der Waals surface area contributed by atoms with Gasteiger partial charge in [0, 0.05) is 44.9 Å². The molecule has 1 amide bonds. The fourth-order valence-electron chi connectivity index (χ4n) is 2.61. The molecule has 1 aromatic rings. The van der Waals surface area contributed by atoms with Crippen molar-refractivity contribution in [2.24, 2.45) is 5.92 Å². The monoisotopic (exact) mass is 322 g/mol. The Hall–Kier alpha value is -2.38. The predicted octanol–water partition coefficient (Wildman–Crippen LogP) is 0.635. The van der Waals surface area contributed by atoms with Crippen molar-refractivity contribution < 1.29 is 19.4 Å². The number of nitrogens with zero attached hydrogens (tertiary/aromatic N) is 4. The molecule has 0 saturated carbocycles. The van der Waals surface area contributed by atoms with Crippen LogP contribution in [-0.2, 0) is 9.59 Å². The van der Waals surface area contributed by atoms with Gasteiger partial charge in [-0.15, -0.1) is 0 Å². The number of amides is 1. The Morgan fingerprint density at radius 1 is 1.43 bits per heavy atom. The molecule has 1 aliphatic heterocycles. The van der Waals surface area contributed by atoms with E-state index < -0.39 is 5.97 Å². The van der Waals surface area contributed by atoms with Gasteiger partial charge in [-0.3, -0.25) is 9.59 Å². The molecule has 1 N–H and O–H groups in total. The largest absolute Gasteiger partial charge is 0.481 e. The molecule has 1 fully saturated rings. The Labute approximate surface area is 135 Å². The minimum atomic E-state index is -0.894. The van der Waals surface area contributed by atoms with E-state index in [2.05, 4.69) is 9.97 Å². The first-order valence-corrected chi connectivity index (χ1v) is 7.60. The fraction of sp³-hybridized carbons (Fsp3) is 0.600. The van der Waals surface area contributed by atoms with Gasteiger partial charge in [-0.2, -0.15) is 4.98 Å². The van der Waals surface area contributed by atoms with Gasteiger partial charge in [0.2, 0.25) is 17.7 Å². The predicted molar refractivity (Wildman–Crippen MR) is 83.4 cm³/mol. The van der Waals surface area contributed by atoms with Crippen LogP contribution in [-0.4, -0.2) is 65.6 Å². The quantitative estimate of drug-likeness (QED) is 0.820. The molecule has 8 nitrogen and oxygen atoms in total. The number of carbonyl (C=O) groups excluding carboxylic acids is 1. The molecule has 0 aliphatic carbocycles. The Kier molecular flexibility index (Phi) is 5.72. The van der Waals surface area contributed by atoms with Gasteiger partial charge in [0.25, 0.3) is 0 Å². The van der Waals surface area contributed by atoms with E-state index >= 15 is 0 Å². The summed E-state index contributed by atoms with van der Waals surface area (Å²) in [4.78, 5) is 35.0. The summed E-state index contributed by atoms with van der Waals surface area (Å²) in [7, 11) is 3.22. The molecule has 0 aromatic carbocycles. The second-order valence-corrected chi connectivity index (χ2v) is 5.56. The first kappa shape index (κ1) is 17.0. The van der Waals surface area contributed by atoms with Crippen molar-refractivity contribution >= 4 is 17.8 Å². The average Bonchev–Trinajstić information content (AvgIpc) is 2.59. The van der Waals surface area contributed by atoms with Crippen LogP contribution in [0.4, 0.5) is 5.95 Å². The highest BCUT2D eigenvalue weighted by atomic mass is 16.5. The molecule has 1 aliphatic rings. The summed E-state index contributed by atoms with van der Waals surface area (Å²) >= 11 is 0. The summed E-state index contributed by atoms with van der Waals surface area (Å²) in [5, 5.41) is 8.69. The number of aliphatic carboxylic acids is 1. The van der Waals surface area contributed by atoms with Crippen LogP contribution in [0.1, 0.15) is 19.3 Å². The van der Waals surface area contributed by atoms with Crippen molar-refractivity contribution in [1.82, 2.24) is 14.9 Å². The van der Waals surface area contributed by atoms with Crippen LogP contribution in [0, 0.1) is 5.92 Å². The van der Waals surface area contributed by atoms with Crippen LogP contribution >= 0.6 is 0 Å². The number of methoxy groups -OCH3 is 1. The molecule has 0 unspecified atom stereocenters. The zero-order chi connectivity index (χ0) is 16.8. The SMILES string of the molecule is COc1ccnc(N2CCC(C(=O)N(C)CCC(=O)O)CC2)n1. The summed E-state index contributed by atoms with van der Waals surface area (Å²) in [6.07, 6.45) is 3.03. The number of ether oxygens (including phenoxy) is 1. The summed E-state index contributed by atoms with van der Waals surface area (Å²) < 4.78 is 5.10. The van der Waals surface area contributed by atoms with Crippen molar-refractivity contribution in [2.45, 2.75) is 19.3 Å². The summed E-state index contributed by atoms with van der Waals surface area (Å²) in [6, 6.07) is 1.69. The number of hydrogen-bond donors (Lipinski definition) is 1. The van der Waals surface area contributed by atoms with E-state index in [-0.39, 0.29) is 24.8 Å². The number of aromatic nitrogens is 2. The first-order chi connectivity index (χ1) is 11.0. The lowest BCUT2D eigenvalue weighted by Gasteiger charge is -2.33. The maximum atomic E-state index is 12.3. The Morgan fingerprint density at radius 2 is 2.13 bits per heavy atom. The normalized spacial score (nSPS) is 15.3. The van der Waals surface area contributed by atoms with Gasteiger partial charge in [-0.25, -0.2) is 4.98 Å². The van der Waals surface area contributed by atoms with Gasteiger partial charge in [0.1, 0.15) is 0 Å². The summed E-state index contributed by atoms with van der Waals surface area (Å²) in [6.45, 7) is 1.63. The molecule has 0 atom stereocenters. The van der Waals surface area contributed by atoms with Crippen molar-refractivity contribution in [1.29, 1.82) is 0 Å². The van der Waals surface area contributed by atoms with Crippen LogP contribution in [0.25, 0.3) is 0 Å². The zero-order valence-corrected chi connectivity index (χ0v) is 13.4. The molecule has 126 valence electrons. The number of hydrogen-bond acceptors (Lipinski definition) is 6. The lowest BCUT2D eigenvalue weighted by molar-refractivity contribution is -0.139. The maximum absolute atomic E-state index is 12.3. The highest BCUT2D eigenvalue weighted by molar-refractivity contribution is 5.79. The highest BCUT2D eigenvalue weighted by Gasteiger charge is 2.28. The molecule has 1 aromatic heterocycles. The van der Waals surface area contributed by atoms with Crippen LogP contribution in [0.15, 0.2) is 12.3 Å². The number of rotatable bonds is 6. The van der Waals surface area contributed by atoms with E-state index in [1.165, 1.54) is 4.90 Å². The number of carboxylic acids is 1. The highest BCUT2D eigenvalue weighted by Crippen LogP contribution is 2.23. The van der Waals surface area contributed by atoms with E-state index in [4.69, 9.17) is 9.84 Å². The number of piperidine rings is 1. The second-order valence-electron chi connectivity index (χ2n) is 5.56. The van der Waals surface area contributed by atoms with E-state index in [9.17, 15) is 9.59 Å². The lowest BCUT2D eigenvalue weighted by Crippen LogP contribution is -2.42. The molecule has 2 rings (SSSR count). The van der Waals surface area contributed by atoms with Gasteiger partial charge in [0.15, 0.2) is 0 Å². The third-order valence-electron chi connectivity index (χ3n) is 3.99. The summed E-state index contributed by atoms with van der Waals surface area (Å²) in [5.41, 5.74) is 0. The van der Waals surface area contributed by atoms with Gasteiger partial charge < -0.3 is 19.6 Å². The Balaban J connectivity index is 1.87. The summed E-state index contributed by atoms with van der Waals surface area (Å²) in [5.74, 6) is 0.166. The number of carbonyl (C=O) groups is 2. The van der Waals surface area contributed by atoms with Gasteiger partial charge in [-0.05, 0) is 12.8 Å². The first-order valence-electron chi connectivity index (χ1n) is 7.60. The van der Waals surface area contributed by atoms with E-state index in [0.29, 0.717) is 37.8 Å². The topological polar surface area (TPSA) is 95.9 Å². The minimum absolute atomic E-state index is 0.0115. The van der Waals surface area contributed by atoms with Crippen LogP contribution in [0.5, 0.6) is 5.88 Å². The average molecular weight is 322 g/mol. The smallest absolute Gasteiger partial charge is 0.305 e. The Morgan fingerprint density at radius 3 is 2.74 bits per heavy atom. The second kappa shape index (κ2) is 7.75. The van der Waals surface area contributed by atoms with Gasteiger partial charge in [0.05, 0.1) is 13.5 Å². The van der Waals surface area contributed by atoms with Gasteiger partial charge in [-0.1, -0.05) is 0 Å². The number of carboxylic acid groups (broad SMARTS) is 1. The van der Waals surface area contributed by atoms with Crippen molar-refractivity contribution in [3.05, 3.63) is 12.3 Å². The molecule has 2 heterocycles. The molecule has 0 radical (unpaired) electrons. The van der Waals surface area contributed by atoms with Crippen LogP contribution < -0.4 is 9.64 Å². The third-order valence-corrected chi connectivity index (χ3v) is 3.99. The minimum Gasteiger partial charge on any atom is -0.481 e. The molecule has 0 bridgehead atoms. The van der Waals surface area contributed by atoms with E-state index in [0.717, 1.165) is 0 Å². The third kappa shape index (κ3) is 4.54. The standard InChI is InChI=1S/C15H22N4O4/c1-18(8-6-13(20)21)14(22)11-4-9-19(10-5-11)15-16-7-3-12(17-15)23-2/h3,7,11H,4-6,8-10H2,1-2H3,(H,20,21). The van der Waals surface area contributed by atoms with Crippen molar-refractivity contribution in [3.63, 3.8) is 0 Å². The van der Waals surface area contributed by atoms with E-state index in [1.54, 1.807) is 26.4 Å². The molecular weight excluding hydrogens is 300 g/mol. The molecule has 1 saturated heterocycles. The Bertz CT molecular complexity index is 558. The van der Waals surface area contributed by atoms with Gasteiger partial charge >= 0.3 is 5.97 Å². The van der Waals surface area contributed by atoms with Crippen molar-refractivity contribution in [3.8, 4) is 5.88 Å². The molecule has 23 heavy (non-hydrogen) atoms. The molecular formula is C15H22N4O4. The molecule has 8 heteroatoms. The van der Waals surface area contributed by atoms with Crippen molar-refractivity contribution in [2.75, 3.05) is 38.7 Å². The number of anilines is 1. The fourth-order valence-corrected chi connectivity index (χ4v) is 2.61. The maximum Gasteiger partial charge on any atom is 0.305 e. The van der Waals surface area contributed by atoms with E-state index in [1.807, 2.05) is 4.90 Å².